The van der Waals surface area contributed by atoms with E-state index in [1.54, 1.807) is 22.9 Å². The monoisotopic (exact) mass is 362 g/mol. The molecule has 1 heterocycles. The molecular formula is C11H5Br2FOS. The molecule has 0 spiro atoms. The Labute approximate surface area is 113 Å². The maximum atomic E-state index is 13.6. The molecular weight excluding hydrogens is 359 g/mol. The van der Waals surface area contributed by atoms with Gasteiger partial charge >= 0.3 is 0 Å². The van der Waals surface area contributed by atoms with Gasteiger partial charge in [0, 0.05) is 25.3 Å². The van der Waals surface area contributed by atoms with Gasteiger partial charge in [0.25, 0.3) is 0 Å². The van der Waals surface area contributed by atoms with Crippen molar-refractivity contribution in [1.82, 2.24) is 0 Å². The topological polar surface area (TPSA) is 17.1 Å². The van der Waals surface area contributed by atoms with Crippen LogP contribution in [-0.4, -0.2) is 5.78 Å². The van der Waals surface area contributed by atoms with Crippen molar-refractivity contribution in [3.63, 3.8) is 0 Å². The van der Waals surface area contributed by atoms with Gasteiger partial charge in [-0.05, 0) is 44.0 Å². The third-order valence-electron chi connectivity index (χ3n) is 2.05. The highest BCUT2D eigenvalue weighted by Gasteiger charge is 2.19. The second-order valence-electron chi connectivity index (χ2n) is 3.06. The van der Waals surface area contributed by atoms with E-state index in [0.717, 1.165) is 0 Å². The van der Waals surface area contributed by atoms with E-state index in [1.165, 1.54) is 17.4 Å². The van der Waals surface area contributed by atoms with Crippen LogP contribution in [-0.2, 0) is 0 Å². The molecule has 0 fully saturated rings. The third kappa shape index (κ3) is 2.12. The summed E-state index contributed by atoms with van der Waals surface area (Å²) in [6, 6.07) is 4.48. The highest BCUT2D eigenvalue weighted by atomic mass is 79.9. The van der Waals surface area contributed by atoms with E-state index in [2.05, 4.69) is 31.9 Å². The minimum Gasteiger partial charge on any atom is -0.288 e. The van der Waals surface area contributed by atoms with Crippen molar-refractivity contribution in [3.8, 4) is 0 Å². The zero-order chi connectivity index (χ0) is 11.7. The number of hydrogen-bond donors (Lipinski definition) is 0. The molecule has 2 aromatic rings. The molecule has 0 amide bonds. The van der Waals surface area contributed by atoms with Gasteiger partial charge in [-0.3, -0.25) is 4.79 Å². The summed E-state index contributed by atoms with van der Waals surface area (Å²) in [4.78, 5) is 12.1. The molecule has 0 N–H and O–H groups in total. The Morgan fingerprint density at radius 2 is 1.94 bits per heavy atom. The minimum absolute atomic E-state index is 0.0709. The minimum atomic E-state index is -0.516. The molecule has 1 aromatic heterocycles. The number of carbonyl (C=O) groups excluding carboxylic acids is 1. The average Bonchev–Trinajstić information content (AvgIpc) is 2.64. The van der Waals surface area contributed by atoms with Crippen molar-refractivity contribution in [2.24, 2.45) is 0 Å². The summed E-state index contributed by atoms with van der Waals surface area (Å²) in [5.41, 5.74) is 0.553. The molecule has 0 saturated heterocycles. The van der Waals surface area contributed by atoms with Crippen LogP contribution in [0, 0.1) is 5.82 Å². The molecule has 0 aliphatic carbocycles. The van der Waals surface area contributed by atoms with Gasteiger partial charge in [-0.2, -0.15) is 11.3 Å². The van der Waals surface area contributed by atoms with E-state index in [9.17, 15) is 9.18 Å². The molecule has 0 bridgehead atoms. The normalized spacial score (nSPS) is 10.4. The van der Waals surface area contributed by atoms with Gasteiger partial charge in [0.1, 0.15) is 5.82 Å². The Bertz CT molecular complexity index is 530. The Morgan fingerprint density at radius 1 is 1.19 bits per heavy atom. The lowest BCUT2D eigenvalue weighted by molar-refractivity contribution is 0.103. The van der Waals surface area contributed by atoms with E-state index in [-0.39, 0.29) is 11.3 Å². The molecule has 5 heteroatoms. The van der Waals surface area contributed by atoms with Crippen LogP contribution in [0.4, 0.5) is 4.39 Å². The Balaban J connectivity index is 2.54. The van der Waals surface area contributed by atoms with E-state index >= 15 is 0 Å². The van der Waals surface area contributed by atoms with Gasteiger partial charge in [-0.25, -0.2) is 4.39 Å². The summed E-state index contributed by atoms with van der Waals surface area (Å²) in [6.45, 7) is 0. The fourth-order valence-electron chi connectivity index (χ4n) is 1.29. The molecule has 0 radical (unpaired) electrons. The number of thiophene rings is 1. The predicted molar refractivity (Wildman–Crippen MR) is 69.6 cm³/mol. The first kappa shape index (κ1) is 12.0. The van der Waals surface area contributed by atoms with Crippen LogP contribution in [0.1, 0.15) is 15.9 Å². The fraction of sp³-hybridized carbons (Fsp3) is 0. The van der Waals surface area contributed by atoms with Crippen molar-refractivity contribution in [1.29, 1.82) is 0 Å². The summed E-state index contributed by atoms with van der Waals surface area (Å²) >= 11 is 7.85. The van der Waals surface area contributed by atoms with Crippen molar-refractivity contribution in [2.75, 3.05) is 0 Å². The molecule has 0 unspecified atom stereocenters. The molecule has 0 saturated carbocycles. The predicted octanol–water partition coefficient (Wildman–Crippen LogP) is 4.64. The molecule has 0 atom stereocenters. The number of halogens is 3. The summed E-state index contributed by atoms with van der Waals surface area (Å²) in [6.07, 6.45) is 0. The first-order valence-electron chi connectivity index (χ1n) is 4.31. The van der Waals surface area contributed by atoms with Gasteiger partial charge in [0.05, 0.1) is 5.56 Å². The lowest BCUT2D eigenvalue weighted by Gasteiger charge is -2.04. The largest absolute Gasteiger partial charge is 0.288 e. The van der Waals surface area contributed by atoms with Crippen LogP contribution in [0.25, 0.3) is 0 Å². The van der Waals surface area contributed by atoms with Crippen molar-refractivity contribution < 1.29 is 9.18 Å². The zero-order valence-corrected chi connectivity index (χ0v) is 11.8. The van der Waals surface area contributed by atoms with Crippen molar-refractivity contribution in [2.45, 2.75) is 0 Å². The lowest BCUT2D eigenvalue weighted by atomic mass is 10.1. The smallest absolute Gasteiger partial charge is 0.199 e. The second kappa shape index (κ2) is 4.77. The highest BCUT2D eigenvalue weighted by Crippen LogP contribution is 2.28. The molecule has 1 nitrogen and oxygen atoms in total. The summed E-state index contributed by atoms with van der Waals surface area (Å²) in [5.74, 6) is -0.837. The van der Waals surface area contributed by atoms with Gasteiger partial charge in [-0.1, -0.05) is 6.07 Å². The zero-order valence-electron chi connectivity index (χ0n) is 7.84. The number of benzene rings is 1. The quantitative estimate of drug-likeness (QED) is 0.710. The molecule has 82 valence electrons. The van der Waals surface area contributed by atoms with Crippen LogP contribution in [0.2, 0.25) is 0 Å². The van der Waals surface area contributed by atoms with Crippen LogP contribution in [0.5, 0.6) is 0 Å². The van der Waals surface area contributed by atoms with Crippen LogP contribution < -0.4 is 0 Å². The van der Waals surface area contributed by atoms with E-state index in [0.29, 0.717) is 14.5 Å². The summed E-state index contributed by atoms with van der Waals surface area (Å²) in [5, 5.41) is 3.49. The van der Waals surface area contributed by atoms with Gasteiger partial charge in [0.15, 0.2) is 5.78 Å². The molecule has 2 rings (SSSR count). The number of carbonyl (C=O) groups is 1. The number of ketones is 1. The average molecular weight is 364 g/mol. The lowest BCUT2D eigenvalue weighted by Crippen LogP contribution is -2.04. The Morgan fingerprint density at radius 3 is 2.50 bits per heavy atom. The Hall–Kier alpha value is -0.520. The fourth-order valence-corrected chi connectivity index (χ4v) is 3.27. The highest BCUT2D eigenvalue weighted by molar-refractivity contribution is 9.11. The van der Waals surface area contributed by atoms with E-state index < -0.39 is 5.82 Å². The maximum Gasteiger partial charge on any atom is 0.199 e. The van der Waals surface area contributed by atoms with Gasteiger partial charge in [-0.15, -0.1) is 0 Å². The standard InChI is InChI=1S/C11H5Br2FOS/c12-7-2-1-3-9(14)10(7)11(15)6-4-16-5-8(6)13/h1-5H. The number of hydrogen-bond acceptors (Lipinski definition) is 2. The van der Waals surface area contributed by atoms with Gasteiger partial charge < -0.3 is 0 Å². The molecule has 16 heavy (non-hydrogen) atoms. The molecule has 0 aliphatic heterocycles. The maximum absolute atomic E-state index is 13.6. The third-order valence-corrected chi connectivity index (χ3v) is 4.41. The Kier molecular flexibility index (Phi) is 3.56. The summed E-state index contributed by atoms with van der Waals surface area (Å²) in [7, 11) is 0. The SMILES string of the molecule is O=C(c1cscc1Br)c1c(F)cccc1Br. The first-order chi connectivity index (χ1) is 7.61. The van der Waals surface area contributed by atoms with Crippen LogP contribution >= 0.6 is 43.2 Å². The molecule has 0 aliphatic rings. The number of rotatable bonds is 2. The van der Waals surface area contributed by atoms with E-state index in [1.807, 2.05) is 0 Å². The van der Waals surface area contributed by atoms with Crippen LogP contribution in [0.15, 0.2) is 37.9 Å². The van der Waals surface area contributed by atoms with E-state index in [4.69, 9.17) is 0 Å². The first-order valence-corrected chi connectivity index (χ1v) is 6.84. The summed E-state index contributed by atoms with van der Waals surface area (Å²) < 4.78 is 14.7. The van der Waals surface area contributed by atoms with Crippen molar-refractivity contribution in [3.05, 3.63) is 54.8 Å². The molecule has 1 aromatic carbocycles. The van der Waals surface area contributed by atoms with Gasteiger partial charge in [0.2, 0.25) is 0 Å². The van der Waals surface area contributed by atoms with Crippen molar-refractivity contribution >= 4 is 49.0 Å². The van der Waals surface area contributed by atoms with Crippen LogP contribution in [0.3, 0.4) is 0 Å². The second-order valence-corrected chi connectivity index (χ2v) is 5.51.